The highest BCUT2D eigenvalue weighted by Crippen LogP contribution is 2.23. The van der Waals surface area contributed by atoms with Crippen molar-refractivity contribution in [3.05, 3.63) is 46.7 Å². The normalized spacial score (nSPS) is 13.1. The van der Waals surface area contributed by atoms with Gasteiger partial charge < -0.3 is 0 Å². The SMILES string of the molecule is CCCC=C=Cc1ccc2c(c1)CCC2. The maximum atomic E-state index is 3.24. The number of rotatable bonds is 3. The van der Waals surface area contributed by atoms with Gasteiger partial charge in [-0.25, -0.2) is 0 Å². The molecule has 0 N–H and O–H groups in total. The molecule has 0 spiro atoms. The van der Waals surface area contributed by atoms with Crippen molar-refractivity contribution in [1.29, 1.82) is 0 Å². The van der Waals surface area contributed by atoms with Crippen molar-refractivity contribution in [2.75, 3.05) is 0 Å². The van der Waals surface area contributed by atoms with Crippen molar-refractivity contribution in [1.82, 2.24) is 0 Å². The summed E-state index contributed by atoms with van der Waals surface area (Å²) in [5, 5.41) is 0. The Morgan fingerprint density at radius 1 is 1.27 bits per heavy atom. The Kier molecular flexibility index (Phi) is 3.42. The Morgan fingerprint density at radius 3 is 3.00 bits per heavy atom. The van der Waals surface area contributed by atoms with Gasteiger partial charge in [0.25, 0.3) is 0 Å². The summed E-state index contributed by atoms with van der Waals surface area (Å²) in [5.74, 6) is 0. The van der Waals surface area contributed by atoms with E-state index < -0.39 is 0 Å². The van der Waals surface area contributed by atoms with E-state index in [2.05, 4.69) is 43.0 Å². The van der Waals surface area contributed by atoms with Crippen LogP contribution in [0.4, 0.5) is 0 Å². The molecule has 15 heavy (non-hydrogen) atoms. The summed E-state index contributed by atoms with van der Waals surface area (Å²) in [4.78, 5) is 0. The summed E-state index contributed by atoms with van der Waals surface area (Å²) in [7, 11) is 0. The van der Waals surface area contributed by atoms with Crippen molar-refractivity contribution >= 4 is 6.08 Å². The molecule has 1 aliphatic rings. The van der Waals surface area contributed by atoms with E-state index in [0.717, 1.165) is 6.42 Å². The molecule has 0 radical (unpaired) electrons. The van der Waals surface area contributed by atoms with Gasteiger partial charge in [-0.15, -0.1) is 5.73 Å². The van der Waals surface area contributed by atoms with Crippen LogP contribution in [0, 0.1) is 0 Å². The molecular formula is C15H18. The highest BCUT2D eigenvalue weighted by atomic mass is 14.1. The molecule has 2 rings (SSSR count). The molecule has 0 saturated heterocycles. The van der Waals surface area contributed by atoms with Crippen LogP contribution in [-0.4, -0.2) is 0 Å². The molecule has 1 aromatic rings. The van der Waals surface area contributed by atoms with Gasteiger partial charge in [0, 0.05) is 0 Å². The van der Waals surface area contributed by atoms with E-state index in [1.165, 1.54) is 31.2 Å². The first-order valence-corrected chi connectivity index (χ1v) is 5.93. The molecule has 0 heterocycles. The molecule has 1 aliphatic carbocycles. The molecule has 0 aliphatic heterocycles. The molecule has 0 heteroatoms. The van der Waals surface area contributed by atoms with Crippen molar-refractivity contribution in [2.45, 2.75) is 39.0 Å². The van der Waals surface area contributed by atoms with Gasteiger partial charge in [0.2, 0.25) is 0 Å². The van der Waals surface area contributed by atoms with Crippen LogP contribution in [0.15, 0.2) is 30.0 Å². The van der Waals surface area contributed by atoms with Crippen LogP contribution in [0.25, 0.3) is 6.08 Å². The Labute approximate surface area is 92.3 Å². The zero-order valence-corrected chi connectivity index (χ0v) is 9.42. The first-order valence-electron chi connectivity index (χ1n) is 5.93. The standard InChI is InChI=1S/C15H18/c1-2-3-4-5-7-13-10-11-14-8-6-9-15(14)12-13/h4,7,10-12H,2-3,6,8-9H2,1H3. The first-order chi connectivity index (χ1) is 7.40. The zero-order valence-electron chi connectivity index (χ0n) is 9.42. The van der Waals surface area contributed by atoms with Gasteiger partial charge in [0.1, 0.15) is 0 Å². The van der Waals surface area contributed by atoms with Crippen molar-refractivity contribution in [3.63, 3.8) is 0 Å². The molecule has 0 unspecified atom stereocenters. The first kappa shape index (κ1) is 10.3. The third-order valence-electron chi connectivity index (χ3n) is 2.92. The Morgan fingerprint density at radius 2 is 2.13 bits per heavy atom. The summed E-state index contributed by atoms with van der Waals surface area (Å²) < 4.78 is 0. The molecule has 0 aromatic heterocycles. The van der Waals surface area contributed by atoms with E-state index in [0.29, 0.717) is 0 Å². The monoisotopic (exact) mass is 198 g/mol. The number of hydrogen-bond donors (Lipinski definition) is 0. The minimum Gasteiger partial charge on any atom is -0.125 e. The highest BCUT2D eigenvalue weighted by Gasteiger charge is 2.09. The number of aryl methyl sites for hydroxylation is 2. The average molecular weight is 198 g/mol. The summed E-state index contributed by atoms with van der Waals surface area (Å²) in [6.07, 6.45) is 10.4. The van der Waals surface area contributed by atoms with Gasteiger partial charge in [-0.2, -0.15) is 0 Å². The van der Waals surface area contributed by atoms with Gasteiger partial charge in [-0.05, 0) is 54.5 Å². The van der Waals surface area contributed by atoms with Gasteiger partial charge in [0.15, 0.2) is 0 Å². The summed E-state index contributed by atoms with van der Waals surface area (Å²) >= 11 is 0. The lowest BCUT2D eigenvalue weighted by Gasteiger charge is -1.99. The topological polar surface area (TPSA) is 0 Å². The number of benzene rings is 1. The Balaban J connectivity index is 2.13. The predicted octanol–water partition coefficient (Wildman–Crippen LogP) is 4.14. The predicted molar refractivity (Wildman–Crippen MR) is 65.9 cm³/mol. The highest BCUT2D eigenvalue weighted by molar-refractivity contribution is 5.52. The molecule has 0 bridgehead atoms. The second-order valence-corrected chi connectivity index (χ2v) is 4.19. The molecule has 0 fully saturated rings. The van der Waals surface area contributed by atoms with Crippen LogP contribution in [0.3, 0.4) is 0 Å². The van der Waals surface area contributed by atoms with Crippen LogP contribution in [0.1, 0.15) is 42.9 Å². The van der Waals surface area contributed by atoms with Crippen LogP contribution >= 0.6 is 0 Å². The minimum atomic E-state index is 1.13. The fraction of sp³-hybridized carbons (Fsp3) is 0.400. The third-order valence-corrected chi connectivity index (χ3v) is 2.92. The van der Waals surface area contributed by atoms with Gasteiger partial charge >= 0.3 is 0 Å². The fourth-order valence-corrected chi connectivity index (χ4v) is 2.06. The summed E-state index contributed by atoms with van der Waals surface area (Å²) in [5.41, 5.74) is 7.63. The van der Waals surface area contributed by atoms with Gasteiger partial charge in [-0.3, -0.25) is 0 Å². The largest absolute Gasteiger partial charge is 0.125 e. The van der Waals surface area contributed by atoms with E-state index >= 15 is 0 Å². The molecule has 0 nitrogen and oxygen atoms in total. The van der Waals surface area contributed by atoms with Crippen molar-refractivity contribution in [3.8, 4) is 0 Å². The molecular weight excluding hydrogens is 180 g/mol. The maximum Gasteiger partial charge on any atom is -0.0130 e. The molecule has 0 amide bonds. The van der Waals surface area contributed by atoms with E-state index in [1.54, 1.807) is 11.1 Å². The van der Waals surface area contributed by atoms with Crippen molar-refractivity contribution < 1.29 is 0 Å². The van der Waals surface area contributed by atoms with E-state index in [9.17, 15) is 0 Å². The molecule has 1 aromatic carbocycles. The van der Waals surface area contributed by atoms with Crippen LogP contribution in [-0.2, 0) is 12.8 Å². The van der Waals surface area contributed by atoms with Crippen molar-refractivity contribution in [2.24, 2.45) is 0 Å². The Bertz CT molecular complexity index is 392. The fourth-order valence-electron chi connectivity index (χ4n) is 2.06. The van der Waals surface area contributed by atoms with Gasteiger partial charge in [0.05, 0.1) is 0 Å². The number of hydrogen-bond acceptors (Lipinski definition) is 0. The second-order valence-electron chi connectivity index (χ2n) is 4.19. The van der Waals surface area contributed by atoms with E-state index in [1.807, 2.05) is 0 Å². The average Bonchev–Trinajstić information content (AvgIpc) is 2.71. The van der Waals surface area contributed by atoms with Crippen LogP contribution in [0.2, 0.25) is 0 Å². The van der Waals surface area contributed by atoms with Crippen LogP contribution in [0.5, 0.6) is 0 Å². The number of allylic oxidation sites excluding steroid dienone is 1. The van der Waals surface area contributed by atoms with E-state index in [4.69, 9.17) is 0 Å². The second kappa shape index (κ2) is 5.00. The number of fused-ring (bicyclic) bond motifs is 1. The van der Waals surface area contributed by atoms with E-state index in [-0.39, 0.29) is 0 Å². The minimum absolute atomic E-state index is 1.13. The zero-order chi connectivity index (χ0) is 10.5. The summed E-state index contributed by atoms with van der Waals surface area (Å²) in [6, 6.07) is 6.79. The molecule has 0 saturated carbocycles. The summed E-state index contributed by atoms with van der Waals surface area (Å²) in [6.45, 7) is 2.19. The quantitative estimate of drug-likeness (QED) is 0.640. The molecule has 0 atom stereocenters. The van der Waals surface area contributed by atoms with Gasteiger partial charge in [-0.1, -0.05) is 31.5 Å². The lowest BCUT2D eigenvalue weighted by atomic mass is 10.1. The Hall–Kier alpha value is -1.26. The molecule has 78 valence electrons. The van der Waals surface area contributed by atoms with Crippen LogP contribution < -0.4 is 0 Å². The number of unbranched alkanes of at least 4 members (excludes halogenated alkanes) is 1. The lowest BCUT2D eigenvalue weighted by molar-refractivity contribution is 0.912. The smallest absolute Gasteiger partial charge is 0.0130 e. The third kappa shape index (κ3) is 2.61. The maximum absolute atomic E-state index is 3.24. The lowest BCUT2D eigenvalue weighted by Crippen LogP contribution is -1.82.